The number of urea groups is 1. The van der Waals surface area contributed by atoms with Gasteiger partial charge < -0.3 is 21.1 Å². The first-order valence-electron chi connectivity index (χ1n) is 8.39. The first-order chi connectivity index (χ1) is 12.5. The molecule has 2 atom stereocenters. The quantitative estimate of drug-likeness (QED) is 0.476. The van der Waals surface area contributed by atoms with E-state index in [0.29, 0.717) is 17.9 Å². The third kappa shape index (κ3) is 8.21. The molecule has 0 aliphatic rings. The number of hydrogen-bond acceptors (Lipinski definition) is 4. The van der Waals surface area contributed by atoms with Crippen molar-refractivity contribution in [1.29, 1.82) is 0 Å². The molecule has 0 saturated heterocycles. The molecular weight excluding hydrogens is 434 g/mol. The molecule has 1 unspecified atom stereocenters. The molecule has 150 valence electrons. The van der Waals surface area contributed by atoms with Crippen LogP contribution in [0.4, 0.5) is 10.5 Å². The molecule has 0 saturated carbocycles. The fraction of sp³-hybridized carbons (Fsp3) is 0.500. The van der Waals surface area contributed by atoms with E-state index in [1.807, 2.05) is 6.26 Å². The van der Waals surface area contributed by atoms with Crippen molar-refractivity contribution in [2.24, 2.45) is 5.41 Å². The zero-order chi connectivity index (χ0) is 20.6. The molecule has 7 nitrogen and oxygen atoms in total. The van der Waals surface area contributed by atoms with Gasteiger partial charge in [-0.2, -0.15) is 11.8 Å². The predicted octanol–water partition coefficient (Wildman–Crippen LogP) is 3.31. The topological polar surface area (TPSA) is 108 Å². The highest BCUT2D eigenvalue weighted by Crippen LogP contribution is 2.20. The van der Waals surface area contributed by atoms with Gasteiger partial charge in [-0.3, -0.25) is 4.79 Å². The van der Waals surface area contributed by atoms with E-state index in [-0.39, 0.29) is 0 Å². The normalized spacial score (nSPS) is 13.4. The van der Waals surface area contributed by atoms with Crippen LogP contribution in [0.3, 0.4) is 0 Å². The summed E-state index contributed by atoms with van der Waals surface area (Å²) in [5.74, 6) is -0.986. The summed E-state index contributed by atoms with van der Waals surface area (Å²) in [6.45, 7) is 5.20. The van der Waals surface area contributed by atoms with Crippen LogP contribution in [0.15, 0.2) is 28.7 Å². The highest BCUT2D eigenvalue weighted by Gasteiger charge is 2.34. The minimum Gasteiger partial charge on any atom is -0.480 e. The summed E-state index contributed by atoms with van der Waals surface area (Å²) in [5, 5.41) is 17.2. The number of carboxylic acids is 1. The maximum atomic E-state index is 12.6. The van der Waals surface area contributed by atoms with Gasteiger partial charge in [0.1, 0.15) is 12.1 Å². The maximum Gasteiger partial charge on any atom is 0.326 e. The van der Waals surface area contributed by atoms with Gasteiger partial charge in [-0.25, -0.2) is 9.59 Å². The van der Waals surface area contributed by atoms with Crippen molar-refractivity contribution in [2.75, 3.05) is 17.3 Å². The largest absolute Gasteiger partial charge is 0.480 e. The van der Waals surface area contributed by atoms with E-state index in [1.54, 1.807) is 45.0 Å². The lowest BCUT2D eigenvalue weighted by atomic mass is 9.86. The van der Waals surface area contributed by atoms with Gasteiger partial charge >= 0.3 is 12.0 Å². The minimum absolute atomic E-state index is 0.386. The van der Waals surface area contributed by atoms with Gasteiger partial charge in [0.25, 0.3) is 0 Å². The molecule has 0 radical (unpaired) electrons. The Bertz CT molecular complexity index is 662. The van der Waals surface area contributed by atoms with Crippen LogP contribution in [0.5, 0.6) is 0 Å². The van der Waals surface area contributed by atoms with Crippen molar-refractivity contribution >= 4 is 51.3 Å². The lowest BCUT2D eigenvalue weighted by molar-refractivity contribution is -0.145. The van der Waals surface area contributed by atoms with Crippen molar-refractivity contribution in [3.05, 3.63) is 28.7 Å². The Morgan fingerprint density at radius 2 is 1.74 bits per heavy atom. The number of carbonyl (C=O) groups is 3. The molecule has 0 aliphatic heterocycles. The number of carboxylic acid groups (broad SMARTS) is 1. The second kappa shape index (κ2) is 10.6. The third-order valence-corrected chi connectivity index (χ3v) is 4.91. The number of benzene rings is 1. The number of halogens is 1. The molecule has 0 fully saturated rings. The standard InChI is InChI=1S/C18H26BrN3O4S/c1-18(2,3)14(16(24)25)22-15(23)13(9-10-27-4)21-17(26)20-12-7-5-11(19)6-8-12/h5-8,13-14H,9-10H2,1-4H3,(H,22,23)(H,24,25)(H2,20,21,26)/t13-,14?/m0/s1. The number of aliphatic carboxylic acids is 1. The highest BCUT2D eigenvalue weighted by atomic mass is 79.9. The average molecular weight is 460 g/mol. The third-order valence-electron chi connectivity index (χ3n) is 3.73. The summed E-state index contributed by atoms with van der Waals surface area (Å²) < 4.78 is 0.882. The van der Waals surface area contributed by atoms with Crippen LogP contribution >= 0.6 is 27.7 Å². The van der Waals surface area contributed by atoms with Crippen molar-refractivity contribution in [2.45, 2.75) is 39.3 Å². The van der Waals surface area contributed by atoms with Gasteiger partial charge in [-0.1, -0.05) is 36.7 Å². The number of amides is 3. The SMILES string of the molecule is CSCC[C@H](NC(=O)Nc1ccc(Br)cc1)C(=O)NC(C(=O)O)C(C)(C)C. The summed E-state index contributed by atoms with van der Waals surface area (Å²) in [5.41, 5.74) is -0.0802. The van der Waals surface area contributed by atoms with Crippen LogP contribution in [0, 0.1) is 5.41 Å². The monoisotopic (exact) mass is 459 g/mol. The van der Waals surface area contributed by atoms with Crippen LogP contribution in [0.25, 0.3) is 0 Å². The number of carbonyl (C=O) groups excluding carboxylic acids is 2. The zero-order valence-corrected chi connectivity index (χ0v) is 18.2. The Hall–Kier alpha value is -1.74. The summed E-state index contributed by atoms with van der Waals surface area (Å²) in [6, 6.07) is 4.60. The smallest absolute Gasteiger partial charge is 0.326 e. The van der Waals surface area contributed by atoms with E-state index < -0.39 is 35.4 Å². The molecule has 1 rings (SSSR count). The van der Waals surface area contributed by atoms with E-state index in [4.69, 9.17) is 0 Å². The first kappa shape index (κ1) is 23.3. The molecule has 4 N–H and O–H groups in total. The van der Waals surface area contributed by atoms with Gasteiger partial charge in [0.2, 0.25) is 5.91 Å². The summed E-state index contributed by atoms with van der Waals surface area (Å²) in [6.07, 6.45) is 2.28. The molecule has 3 amide bonds. The first-order valence-corrected chi connectivity index (χ1v) is 10.6. The second-order valence-corrected chi connectivity index (χ2v) is 8.99. The molecule has 1 aromatic rings. The van der Waals surface area contributed by atoms with E-state index >= 15 is 0 Å². The van der Waals surface area contributed by atoms with Gasteiger partial charge in [-0.15, -0.1) is 0 Å². The lowest BCUT2D eigenvalue weighted by Gasteiger charge is -2.29. The van der Waals surface area contributed by atoms with Crippen molar-refractivity contribution < 1.29 is 19.5 Å². The molecule has 1 aromatic carbocycles. The van der Waals surface area contributed by atoms with Crippen LogP contribution in [0.2, 0.25) is 0 Å². The summed E-state index contributed by atoms with van der Waals surface area (Å²) >= 11 is 4.86. The second-order valence-electron chi connectivity index (χ2n) is 7.09. The van der Waals surface area contributed by atoms with Crippen molar-refractivity contribution in [1.82, 2.24) is 10.6 Å². The molecule has 27 heavy (non-hydrogen) atoms. The zero-order valence-electron chi connectivity index (χ0n) is 15.8. The van der Waals surface area contributed by atoms with E-state index in [9.17, 15) is 19.5 Å². The highest BCUT2D eigenvalue weighted by molar-refractivity contribution is 9.10. The molecule has 0 aromatic heterocycles. The fourth-order valence-corrected chi connectivity index (χ4v) is 2.99. The number of hydrogen-bond donors (Lipinski definition) is 4. The molecule has 0 bridgehead atoms. The predicted molar refractivity (Wildman–Crippen MR) is 112 cm³/mol. The van der Waals surface area contributed by atoms with Crippen molar-refractivity contribution in [3.8, 4) is 0 Å². The van der Waals surface area contributed by atoms with Crippen LogP contribution in [0.1, 0.15) is 27.2 Å². The number of thioether (sulfide) groups is 1. The lowest BCUT2D eigenvalue weighted by Crippen LogP contribution is -2.56. The van der Waals surface area contributed by atoms with E-state index in [0.717, 1.165) is 4.47 Å². The average Bonchev–Trinajstić information content (AvgIpc) is 2.56. The summed E-state index contributed by atoms with van der Waals surface area (Å²) in [7, 11) is 0. The minimum atomic E-state index is -1.11. The Balaban J connectivity index is 2.80. The summed E-state index contributed by atoms with van der Waals surface area (Å²) in [4.78, 5) is 36.4. The van der Waals surface area contributed by atoms with E-state index in [1.165, 1.54) is 11.8 Å². The molecule has 9 heteroatoms. The van der Waals surface area contributed by atoms with E-state index in [2.05, 4.69) is 31.9 Å². The molecule has 0 heterocycles. The fourth-order valence-electron chi connectivity index (χ4n) is 2.25. The molecule has 0 aliphatic carbocycles. The number of rotatable bonds is 8. The Labute approximate surface area is 172 Å². The van der Waals surface area contributed by atoms with Crippen LogP contribution in [-0.2, 0) is 9.59 Å². The van der Waals surface area contributed by atoms with Crippen LogP contribution < -0.4 is 16.0 Å². The Morgan fingerprint density at radius 1 is 1.15 bits per heavy atom. The Kier molecular flexibility index (Phi) is 9.11. The number of nitrogens with one attached hydrogen (secondary N) is 3. The number of anilines is 1. The van der Waals surface area contributed by atoms with Gasteiger partial charge in [-0.05, 0) is 48.1 Å². The van der Waals surface area contributed by atoms with Gasteiger partial charge in [0.05, 0.1) is 0 Å². The van der Waals surface area contributed by atoms with Gasteiger partial charge in [0, 0.05) is 10.2 Å². The maximum absolute atomic E-state index is 12.6. The molecular formula is C18H26BrN3O4S. The van der Waals surface area contributed by atoms with Crippen LogP contribution in [-0.4, -0.2) is 47.1 Å². The molecule has 0 spiro atoms. The Morgan fingerprint density at radius 3 is 2.22 bits per heavy atom. The van der Waals surface area contributed by atoms with Gasteiger partial charge in [0.15, 0.2) is 0 Å². The van der Waals surface area contributed by atoms with Crippen molar-refractivity contribution in [3.63, 3.8) is 0 Å².